The predicted octanol–water partition coefficient (Wildman–Crippen LogP) is 2.61. The first-order chi connectivity index (χ1) is 15.6. The van der Waals surface area contributed by atoms with Gasteiger partial charge in [0.15, 0.2) is 0 Å². The van der Waals surface area contributed by atoms with E-state index in [1.165, 1.54) is 0 Å². The zero-order chi connectivity index (χ0) is 22.1. The Hall–Kier alpha value is -3.03. The van der Waals surface area contributed by atoms with Crippen LogP contribution in [0.15, 0.2) is 42.5 Å². The summed E-state index contributed by atoms with van der Waals surface area (Å²) in [5.74, 6) is 0.309. The van der Waals surface area contributed by atoms with Gasteiger partial charge in [0, 0.05) is 25.2 Å². The van der Waals surface area contributed by atoms with E-state index in [2.05, 4.69) is 32.9 Å². The summed E-state index contributed by atoms with van der Waals surface area (Å²) in [7, 11) is 1.85. The molecule has 2 saturated carbocycles. The molecule has 8 nitrogen and oxygen atoms in total. The lowest BCUT2D eigenvalue weighted by Gasteiger charge is -2.24. The number of tetrazole rings is 1. The molecule has 1 aromatic carbocycles. The molecule has 168 valence electrons. The van der Waals surface area contributed by atoms with Crippen LogP contribution in [0, 0.1) is 17.8 Å². The molecule has 2 heterocycles. The van der Waals surface area contributed by atoms with E-state index in [1.54, 1.807) is 9.70 Å². The number of carbonyl (C=O) groups is 2. The van der Waals surface area contributed by atoms with Crippen LogP contribution in [0.2, 0.25) is 0 Å². The van der Waals surface area contributed by atoms with Crippen molar-refractivity contribution in [1.29, 1.82) is 0 Å². The standard InChI is InChI=1S/C24H30N6O2/c1-29-12-8-3-2-5-11-17-13-21(17)25-23(31)19-14-18(15-20(19)24(29)32)30-27-22(26-28-30)16-9-6-4-7-10-16/h4-7,9-11,17-21H,2-3,8,12-15H2,1H3,(H,25,31)/b11-5-/t17?,18-,19-,20-,21-/m1/s1. The minimum Gasteiger partial charge on any atom is -0.352 e. The molecule has 2 fully saturated rings. The Morgan fingerprint density at radius 2 is 1.84 bits per heavy atom. The number of carbonyl (C=O) groups excluding carboxylic acids is 2. The van der Waals surface area contributed by atoms with E-state index in [9.17, 15) is 9.59 Å². The quantitative estimate of drug-likeness (QED) is 0.734. The van der Waals surface area contributed by atoms with Gasteiger partial charge in [-0.1, -0.05) is 42.5 Å². The monoisotopic (exact) mass is 434 g/mol. The lowest BCUT2D eigenvalue weighted by Crippen LogP contribution is -2.41. The summed E-state index contributed by atoms with van der Waals surface area (Å²) in [6.07, 6.45) is 9.62. The van der Waals surface area contributed by atoms with Gasteiger partial charge in [0.05, 0.1) is 17.9 Å². The molecule has 0 bridgehead atoms. The SMILES string of the molecule is CN1CCCC/C=C\C2C[C@H]2NC(=O)[C@@H]2C[C@@H](n3nnc(-c4ccccc4)n3)C[C@H]2C1=O. The summed E-state index contributed by atoms with van der Waals surface area (Å²) in [5, 5.41) is 16.3. The van der Waals surface area contributed by atoms with Crippen molar-refractivity contribution >= 4 is 11.8 Å². The van der Waals surface area contributed by atoms with Gasteiger partial charge in [-0.15, -0.1) is 10.2 Å². The zero-order valence-corrected chi connectivity index (χ0v) is 18.4. The average molecular weight is 435 g/mol. The van der Waals surface area contributed by atoms with Gasteiger partial charge in [0.2, 0.25) is 17.6 Å². The highest BCUT2D eigenvalue weighted by Crippen LogP contribution is 2.41. The van der Waals surface area contributed by atoms with Crippen molar-refractivity contribution in [3.8, 4) is 11.4 Å². The van der Waals surface area contributed by atoms with Crippen LogP contribution in [0.4, 0.5) is 0 Å². The number of nitrogens with one attached hydrogen (secondary N) is 1. The fraction of sp³-hybridized carbons (Fsp3) is 0.542. The highest BCUT2D eigenvalue weighted by molar-refractivity contribution is 5.88. The first-order valence-electron chi connectivity index (χ1n) is 11.7. The van der Waals surface area contributed by atoms with E-state index in [0.29, 0.717) is 31.1 Å². The summed E-state index contributed by atoms with van der Waals surface area (Å²) in [5.41, 5.74) is 0.900. The largest absolute Gasteiger partial charge is 0.352 e. The molecule has 2 aromatic rings. The van der Waals surface area contributed by atoms with Crippen LogP contribution in [-0.2, 0) is 9.59 Å². The fourth-order valence-corrected chi connectivity index (χ4v) is 5.00. The lowest BCUT2D eigenvalue weighted by atomic mass is 9.93. The molecule has 0 radical (unpaired) electrons. The zero-order valence-electron chi connectivity index (χ0n) is 18.4. The molecule has 1 aromatic heterocycles. The van der Waals surface area contributed by atoms with Crippen molar-refractivity contribution in [1.82, 2.24) is 30.4 Å². The molecular weight excluding hydrogens is 404 g/mol. The molecule has 1 unspecified atom stereocenters. The van der Waals surface area contributed by atoms with Gasteiger partial charge in [-0.3, -0.25) is 9.59 Å². The summed E-state index contributed by atoms with van der Waals surface area (Å²) in [4.78, 5) is 29.9. The van der Waals surface area contributed by atoms with E-state index in [0.717, 1.165) is 31.2 Å². The van der Waals surface area contributed by atoms with Crippen molar-refractivity contribution in [2.24, 2.45) is 17.8 Å². The van der Waals surface area contributed by atoms with Gasteiger partial charge in [-0.25, -0.2) is 0 Å². The molecule has 32 heavy (non-hydrogen) atoms. The average Bonchev–Trinajstić information content (AvgIpc) is 3.19. The maximum Gasteiger partial charge on any atom is 0.226 e. The smallest absolute Gasteiger partial charge is 0.226 e. The summed E-state index contributed by atoms with van der Waals surface area (Å²) < 4.78 is 0. The first kappa shape index (κ1) is 20.8. The summed E-state index contributed by atoms with van der Waals surface area (Å²) >= 11 is 0. The molecule has 1 N–H and O–H groups in total. The molecular formula is C24H30N6O2. The minimum atomic E-state index is -0.366. The first-order valence-corrected chi connectivity index (χ1v) is 11.7. The lowest BCUT2D eigenvalue weighted by molar-refractivity contribution is -0.139. The molecule has 2 aliphatic carbocycles. The maximum atomic E-state index is 13.3. The number of hydrogen-bond donors (Lipinski definition) is 1. The summed E-state index contributed by atoms with van der Waals surface area (Å²) in [6, 6.07) is 9.79. The molecule has 3 aliphatic rings. The van der Waals surface area contributed by atoms with Crippen molar-refractivity contribution in [2.45, 2.75) is 50.6 Å². The Balaban J connectivity index is 1.36. The third kappa shape index (κ3) is 4.31. The molecule has 0 spiro atoms. The van der Waals surface area contributed by atoms with E-state index < -0.39 is 0 Å². The number of allylic oxidation sites excluding steroid dienone is 1. The van der Waals surface area contributed by atoms with Crippen LogP contribution in [0.5, 0.6) is 0 Å². The molecule has 0 saturated heterocycles. The van der Waals surface area contributed by atoms with Crippen LogP contribution in [0.3, 0.4) is 0 Å². The number of nitrogens with zero attached hydrogens (tertiary/aromatic N) is 5. The van der Waals surface area contributed by atoms with Gasteiger partial charge in [-0.2, -0.15) is 4.80 Å². The fourth-order valence-electron chi connectivity index (χ4n) is 5.00. The van der Waals surface area contributed by atoms with Gasteiger partial charge < -0.3 is 10.2 Å². The predicted molar refractivity (Wildman–Crippen MR) is 119 cm³/mol. The molecule has 5 rings (SSSR count). The molecule has 5 atom stereocenters. The van der Waals surface area contributed by atoms with Gasteiger partial charge in [0.25, 0.3) is 0 Å². The van der Waals surface area contributed by atoms with Crippen molar-refractivity contribution in [3.63, 3.8) is 0 Å². The maximum absolute atomic E-state index is 13.3. The van der Waals surface area contributed by atoms with Gasteiger partial charge >= 0.3 is 0 Å². The van der Waals surface area contributed by atoms with E-state index in [1.807, 2.05) is 37.4 Å². The van der Waals surface area contributed by atoms with Crippen LogP contribution >= 0.6 is 0 Å². The van der Waals surface area contributed by atoms with Crippen molar-refractivity contribution in [2.75, 3.05) is 13.6 Å². The topological polar surface area (TPSA) is 93.0 Å². The van der Waals surface area contributed by atoms with Gasteiger partial charge in [0.1, 0.15) is 0 Å². The third-order valence-electron chi connectivity index (χ3n) is 7.02. The Kier molecular flexibility index (Phi) is 5.76. The summed E-state index contributed by atoms with van der Waals surface area (Å²) in [6.45, 7) is 0.716. The van der Waals surface area contributed by atoms with Crippen molar-refractivity contribution < 1.29 is 9.59 Å². The van der Waals surface area contributed by atoms with E-state index >= 15 is 0 Å². The Morgan fingerprint density at radius 3 is 2.69 bits per heavy atom. The second-order valence-corrected chi connectivity index (χ2v) is 9.34. The number of fused-ring (bicyclic) bond motifs is 2. The Morgan fingerprint density at radius 1 is 1.03 bits per heavy atom. The minimum absolute atomic E-state index is 0.0133. The van der Waals surface area contributed by atoms with Crippen LogP contribution in [-0.4, -0.2) is 56.6 Å². The van der Waals surface area contributed by atoms with Crippen LogP contribution in [0.25, 0.3) is 11.4 Å². The second kappa shape index (κ2) is 8.84. The second-order valence-electron chi connectivity index (χ2n) is 9.34. The number of amides is 2. The Labute approximate surface area is 188 Å². The molecule has 8 heteroatoms. The Bertz CT molecular complexity index is 1000. The number of rotatable bonds is 2. The van der Waals surface area contributed by atoms with Crippen molar-refractivity contribution in [3.05, 3.63) is 42.5 Å². The number of benzene rings is 1. The highest BCUT2D eigenvalue weighted by Gasteiger charge is 2.47. The van der Waals surface area contributed by atoms with Crippen LogP contribution < -0.4 is 5.32 Å². The highest BCUT2D eigenvalue weighted by atomic mass is 16.2. The normalized spacial score (nSPS) is 31.9. The van der Waals surface area contributed by atoms with Crippen LogP contribution in [0.1, 0.15) is 44.6 Å². The molecule has 1 aliphatic heterocycles. The number of aromatic nitrogens is 4. The molecule has 2 amide bonds. The third-order valence-corrected chi connectivity index (χ3v) is 7.02. The number of hydrogen-bond acceptors (Lipinski definition) is 5. The van der Waals surface area contributed by atoms with Gasteiger partial charge in [-0.05, 0) is 49.7 Å². The van der Waals surface area contributed by atoms with E-state index in [-0.39, 0.29) is 35.7 Å². The van der Waals surface area contributed by atoms with E-state index in [4.69, 9.17) is 0 Å².